The van der Waals surface area contributed by atoms with Gasteiger partial charge in [-0.25, -0.2) is 9.97 Å². The fraction of sp³-hybridized carbons (Fsp3) is 0.455. The number of hydrogen-bond donors (Lipinski definition) is 2. The zero-order valence-corrected chi connectivity index (χ0v) is 18.4. The maximum atomic E-state index is 12.7. The van der Waals surface area contributed by atoms with Gasteiger partial charge in [0.15, 0.2) is 0 Å². The molecule has 1 aliphatic rings. The number of carbonyl (C=O) groups excluding carboxylic acids is 1. The smallest absolute Gasteiger partial charge is 0.270 e. The highest BCUT2D eigenvalue weighted by Crippen LogP contribution is 2.24. The number of rotatable bonds is 7. The Morgan fingerprint density at radius 2 is 2.03 bits per heavy atom. The molecule has 10 nitrogen and oxygen atoms in total. The molecule has 2 heterocycles. The standard InChI is InChI=1S/C22H28N8O2/c1-14-25-19(21-27-29-30(28-21)13-15-6-8-17(23)9-7-15)11-20(26-14)22(31)24-12-16-4-3-5-18(10-16)32-2/h3-5,10-11,15,17H,6-9,12-13,23H2,1-2H3,(H,24,31). The van der Waals surface area contributed by atoms with Crippen LogP contribution in [0.2, 0.25) is 0 Å². The molecule has 1 aromatic carbocycles. The Hall–Kier alpha value is -3.40. The van der Waals surface area contributed by atoms with Gasteiger partial charge in [-0.2, -0.15) is 4.80 Å². The van der Waals surface area contributed by atoms with Gasteiger partial charge in [-0.15, -0.1) is 10.2 Å². The van der Waals surface area contributed by atoms with E-state index in [0.717, 1.165) is 37.0 Å². The molecule has 168 valence electrons. The third kappa shape index (κ3) is 5.44. The highest BCUT2D eigenvalue weighted by Gasteiger charge is 2.21. The topological polar surface area (TPSA) is 134 Å². The molecule has 3 N–H and O–H groups in total. The molecule has 0 saturated heterocycles. The van der Waals surface area contributed by atoms with Crippen LogP contribution in [0.3, 0.4) is 0 Å². The quantitative estimate of drug-likeness (QED) is 0.573. The summed E-state index contributed by atoms with van der Waals surface area (Å²) in [7, 11) is 1.61. The number of ether oxygens (including phenoxy) is 1. The molecular formula is C22H28N8O2. The van der Waals surface area contributed by atoms with Gasteiger partial charge in [0.05, 0.1) is 13.7 Å². The van der Waals surface area contributed by atoms with E-state index in [1.807, 2.05) is 24.3 Å². The second-order valence-electron chi connectivity index (χ2n) is 8.17. The Morgan fingerprint density at radius 3 is 2.81 bits per heavy atom. The Balaban J connectivity index is 1.43. The lowest BCUT2D eigenvalue weighted by molar-refractivity contribution is 0.0945. The summed E-state index contributed by atoms with van der Waals surface area (Å²) in [6, 6.07) is 9.43. The lowest BCUT2D eigenvalue weighted by Crippen LogP contribution is -2.28. The van der Waals surface area contributed by atoms with Gasteiger partial charge in [0.1, 0.15) is 23.0 Å². The molecule has 0 bridgehead atoms. The van der Waals surface area contributed by atoms with E-state index in [-0.39, 0.29) is 11.6 Å². The van der Waals surface area contributed by atoms with Crippen LogP contribution in [0, 0.1) is 12.8 Å². The van der Waals surface area contributed by atoms with E-state index in [4.69, 9.17) is 10.5 Å². The maximum Gasteiger partial charge on any atom is 0.270 e. The predicted octanol–water partition coefficient (Wildman–Crippen LogP) is 1.89. The molecule has 2 aromatic heterocycles. The molecule has 1 amide bonds. The van der Waals surface area contributed by atoms with Crippen molar-refractivity contribution in [2.24, 2.45) is 11.7 Å². The third-order valence-electron chi connectivity index (χ3n) is 5.65. The van der Waals surface area contributed by atoms with E-state index >= 15 is 0 Å². The lowest BCUT2D eigenvalue weighted by atomic mass is 9.86. The van der Waals surface area contributed by atoms with Crippen molar-refractivity contribution < 1.29 is 9.53 Å². The molecule has 0 radical (unpaired) electrons. The number of nitrogens with zero attached hydrogens (tertiary/aromatic N) is 6. The van der Waals surface area contributed by atoms with Crippen LogP contribution in [0.5, 0.6) is 5.75 Å². The van der Waals surface area contributed by atoms with Gasteiger partial charge >= 0.3 is 0 Å². The monoisotopic (exact) mass is 436 g/mol. The summed E-state index contributed by atoms with van der Waals surface area (Å²) in [6.45, 7) is 2.80. The third-order valence-corrected chi connectivity index (χ3v) is 5.65. The summed E-state index contributed by atoms with van der Waals surface area (Å²) in [4.78, 5) is 23.0. The number of amides is 1. The van der Waals surface area contributed by atoms with Crippen molar-refractivity contribution in [3.8, 4) is 17.3 Å². The molecular weight excluding hydrogens is 408 g/mol. The molecule has 4 rings (SSSR count). The van der Waals surface area contributed by atoms with Gasteiger partial charge in [0, 0.05) is 12.6 Å². The van der Waals surface area contributed by atoms with Gasteiger partial charge in [-0.05, 0) is 67.5 Å². The SMILES string of the molecule is COc1cccc(CNC(=O)c2cc(-c3nnn(CC4CCC(N)CC4)n3)nc(C)n2)c1. The van der Waals surface area contributed by atoms with Crippen molar-refractivity contribution >= 4 is 5.91 Å². The summed E-state index contributed by atoms with van der Waals surface area (Å²) in [5.74, 6) is 1.78. The van der Waals surface area contributed by atoms with Crippen LogP contribution in [0.4, 0.5) is 0 Å². The van der Waals surface area contributed by atoms with Crippen LogP contribution in [0.15, 0.2) is 30.3 Å². The molecule has 3 aromatic rings. The van der Waals surface area contributed by atoms with Crippen LogP contribution in [0.1, 0.15) is 47.6 Å². The van der Waals surface area contributed by atoms with Crippen molar-refractivity contribution in [3.63, 3.8) is 0 Å². The van der Waals surface area contributed by atoms with E-state index in [1.54, 1.807) is 24.9 Å². The van der Waals surface area contributed by atoms with E-state index in [9.17, 15) is 4.79 Å². The second-order valence-corrected chi connectivity index (χ2v) is 8.17. The Kier molecular flexibility index (Phi) is 6.69. The summed E-state index contributed by atoms with van der Waals surface area (Å²) in [5, 5.41) is 15.7. The molecule has 0 aliphatic heterocycles. The van der Waals surface area contributed by atoms with E-state index in [0.29, 0.717) is 42.4 Å². The maximum absolute atomic E-state index is 12.7. The predicted molar refractivity (Wildman–Crippen MR) is 118 cm³/mol. The second kappa shape index (κ2) is 9.82. The first-order valence-electron chi connectivity index (χ1n) is 10.8. The zero-order chi connectivity index (χ0) is 22.5. The molecule has 1 aliphatic carbocycles. The highest BCUT2D eigenvalue weighted by molar-refractivity contribution is 5.93. The number of methoxy groups -OCH3 is 1. The fourth-order valence-corrected chi connectivity index (χ4v) is 3.88. The average molecular weight is 437 g/mol. The number of hydrogen-bond acceptors (Lipinski definition) is 8. The number of benzene rings is 1. The van der Waals surface area contributed by atoms with Crippen LogP contribution < -0.4 is 15.8 Å². The minimum atomic E-state index is -0.300. The summed E-state index contributed by atoms with van der Waals surface area (Å²) in [6.07, 6.45) is 4.21. The van der Waals surface area contributed by atoms with Crippen molar-refractivity contribution in [1.29, 1.82) is 0 Å². The van der Waals surface area contributed by atoms with Crippen molar-refractivity contribution in [2.75, 3.05) is 7.11 Å². The Morgan fingerprint density at radius 1 is 1.22 bits per heavy atom. The summed E-state index contributed by atoms with van der Waals surface area (Å²) in [5.41, 5.74) is 7.65. The molecule has 0 unspecified atom stereocenters. The minimum Gasteiger partial charge on any atom is -0.497 e. The molecule has 1 saturated carbocycles. The first-order chi connectivity index (χ1) is 15.5. The largest absolute Gasteiger partial charge is 0.497 e. The number of nitrogens with one attached hydrogen (secondary N) is 1. The number of aromatic nitrogens is 6. The normalized spacial score (nSPS) is 18.3. The van der Waals surface area contributed by atoms with Crippen molar-refractivity contribution in [3.05, 3.63) is 47.4 Å². The zero-order valence-electron chi connectivity index (χ0n) is 18.4. The van der Waals surface area contributed by atoms with E-state index in [1.165, 1.54) is 0 Å². The van der Waals surface area contributed by atoms with E-state index < -0.39 is 0 Å². The Bertz CT molecular complexity index is 1080. The van der Waals surface area contributed by atoms with Crippen molar-refractivity contribution in [1.82, 2.24) is 35.5 Å². The fourth-order valence-electron chi connectivity index (χ4n) is 3.88. The molecule has 10 heteroatoms. The van der Waals surface area contributed by atoms with Gasteiger partial charge < -0.3 is 15.8 Å². The first kappa shape index (κ1) is 21.8. The van der Waals surface area contributed by atoms with Gasteiger partial charge in [-0.1, -0.05) is 12.1 Å². The summed E-state index contributed by atoms with van der Waals surface area (Å²) < 4.78 is 5.22. The average Bonchev–Trinajstić information content (AvgIpc) is 3.27. The molecule has 0 atom stereocenters. The highest BCUT2D eigenvalue weighted by atomic mass is 16.5. The summed E-state index contributed by atoms with van der Waals surface area (Å²) >= 11 is 0. The van der Waals surface area contributed by atoms with Crippen LogP contribution in [-0.4, -0.2) is 49.2 Å². The van der Waals surface area contributed by atoms with Gasteiger partial charge in [0.2, 0.25) is 5.82 Å². The van der Waals surface area contributed by atoms with Crippen LogP contribution in [0.25, 0.3) is 11.5 Å². The molecule has 1 fully saturated rings. The Labute approximate surface area is 186 Å². The number of tetrazole rings is 1. The number of nitrogens with two attached hydrogens (primary N) is 1. The van der Waals surface area contributed by atoms with Crippen molar-refractivity contribution in [2.45, 2.75) is 51.7 Å². The van der Waals surface area contributed by atoms with Crippen LogP contribution in [-0.2, 0) is 13.1 Å². The van der Waals surface area contributed by atoms with Gasteiger partial charge in [-0.3, -0.25) is 4.79 Å². The van der Waals surface area contributed by atoms with Crippen LogP contribution >= 0.6 is 0 Å². The number of aryl methyl sites for hydroxylation is 1. The molecule has 32 heavy (non-hydrogen) atoms. The minimum absolute atomic E-state index is 0.257. The van der Waals surface area contributed by atoms with Gasteiger partial charge in [0.25, 0.3) is 5.91 Å². The first-order valence-corrected chi connectivity index (χ1v) is 10.8. The molecule has 0 spiro atoms. The lowest BCUT2D eigenvalue weighted by Gasteiger charge is -2.25. The van der Waals surface area contributed by atoms with E-state index in [2.05, 4.69) is 30.7 Å². The number of carbonyl (C=O) groups is 1.